The van der Waals surface area contributed by atoms with E-state index in [1.54, 1.807) is 0 Å². The molecule has 3 heterocycles. The SMILES string of the molecule is CNc1nc(C2CCOCC2)nc2sc3c(c12)CCC3. The van der Waals surface area contributed by atoms with E-state index in [2.05, 4.69) is 5.32 Å². The van der Waals surface area contributed by atoms with Crippen LogP contribution in [-0.2, 0) is 17.6 Å². The molecule has 4 rings (SSSR count). The smallest absolute Gasteiger partial charge is 0.138 e. The number of nitrogens with zero attached hydrogens (tertiary/aromatic N) is 2. The summed E-state index contributed by atoms with van der Waals surface area (Å²) in [5, 5.41) is 4.57. The molecule has 5 heteroatoms. The number of hydrogen-bond acceptors (Lipinski definition) is 5. The molecule has 2 aromatic rings. The van der Waals surface area contributed by atoms with Crippen LogP contribution in [0, 0.1) is 0 Å². The number of rotatable bonds is 2. The van der Waals surface area contributed by atoms with Gasteiger partial charge in [0.1, 0.15) is 16.5 Å². The second-order valence-corrected chi connectivity index (χ2v) is 6.69. The van der Waals surface area contributed by atoms with Crippen LogP contribution < -0.4 is 5.32 Å². The lowest BCUT2D eigenvalue weighted by atomic mass is 9.99. The summed E-state index contributed by atoms with van der Waals surface area (Å²) < 4.78 is 5.45. The lowest BCUT2D eigenvalue weighted by Gasteiger charge is -2.21. The Balaban J connectivity index is 1.84. The maximum atomic E-state index is 5.45. The van der Waals surface area contributed by atoms with E-state index >= 15 is 0 Å². The highest BCUT2D eigenvalue weighted by Crippen LogP contribution is 2.40. The number of anilines is 1. The van der Waals surface area contributed by atoms with E-state index in [0.717, 1.165) is 37.7 Å². The Labute approximate surface area is 122 Å². The monoisotopic (exact) mass is 289 g/mol. The minimum atomic E-state index is 0.456. The zero-order chi connectivity index (χ0) is 13.5. The van der Waals surface area contributed by atoms with Gasteiger partial charge in [0.15, 0.2) is 0 Å². The Kier molecular flexibility index (Phi) is 3.11. The van der Waals surface area contributed by atoms with Crippen molar-refractivity contribution in [2.45, 2.75) is 38.0 Å². The minimum Gasteiger partial charge on any atom is -0.381 e. The predicted molar refractivity (Wildman–Crippen MR) is 81.8 cm³/mol. The molecule has 0 saturated carbocycles. The predicted octanol–water partition coefficient (Wildman–Crippen LogP) is 3.12. The van der Waals surface area contributed by atoms with Gasteiger partial charge in [0, 0.05) is 31.1 Å². The zero-order valence-corrected chi connectivity index (χ0v) is 12.6. The molecule has 0 amide bonds. The fourth-order valence-electron chi connectivity index (χ4n) is 3.33. The molecule has 1 N–H and O–H groups in total. The third kappa shape index (κ3) is 1.91. The molecule has 20 heavy (non-hydrogen) atoms. The van der Waals surface area contributed by atoms with E-state index < -0.39 is 0 Å². The van der Waals surface area contributed by atoms with E-state index in [-0.39, 0.29) is 0 Å². The number of nitrogens with one attached hydrogen (secondary N) is 1. The van der Waals surface area contributed by atoms with Crippen LogP contribution in [0.4, 0.5) is 5.82 Å². The Morgan fingerprint density at radius 2 is 2.05 bits per heavy atom. The Morgan fingerprint density at radius 3 is 2.85 bits per heavy atom. The highest BCUT2D eigenvalue weighted by atomic mass is 32.1. The van der Waals surface area contributed by atoms with Crippen molar-refractivity contribution >= 4 is 27.4 Å². The van der Waals surface area contributed by atoms with Crippen molar-refractivity contribution < 1.29 is 4.74 Å². The molecule has 0 spiro atoms. The molecule has 0 bridgehead atoms. The third-order valence-electron chi connectivity index (χ3n) is 4.41. The van der Waals surface area contributed by atoms with Gasteiger partial charge in [-0.25, -0.2) is 9.97 Å². The van der Waals surface area contributed by atoms with Crippen molar-refractivity contribution in [3.63, 3.8) is 0 Å². The maximum Gasteiger partial charge on any atom is 0.138 e. The first-order valence-corrected chi connectivity index (χ1v) is 8.26. The van der Waals surface area contributed by atoms with Crippen molar-refractivity contribution in [1.29, 1.82) is 0 Å². The normalized spacial score (nSPS) is 19.4. The lowest BCUT2D eigenvalue weighted by Crippen LogP contribution is -2.16. The molecule has 0 radical (unpaired) electrons. The van der Waals surface area contributed by atoms with Crippen molar-refractivity contribution in [3.8, 4) is 0 Å². The largest absolute Gasteiger partial charge is 0.381 e. The van der Waals surface area contributed by atoms with E-state index in [1.807, 2.05) is 18.4 Å². The first kappa shape index (κ1) is 12.5. The van der Waals surface area contributed by atoms with E-state index in [4.69, 9.17) is 14.7 Å². The van der Waals surface area contributed by atoms with Gasteiger partial charge in [-0.1, -0.05) is 0 Å². The third-order valence-corrected chi connectivity index (χ3v) is 5.59. The second-order valence-electron chi connectivity index (χ2n) is 5.60. The topological polar surface area (TPSA) is 47.0 Å². The van der Waals surface area contributed by atoms with Crippen LogP contribution in [0.25, 0.3) is 10.2 Å². The Hall–Kier alpha value is -1.20. The number of thiophene rings is 1. The van der Waals surface area contributed by atoms with Crippen LogP contribution in [0.1, 0.15) is 41.4 Å². The van der Waals surface area contributed by atoms with Crippen molar-refractivity contribution in [1.82, 2.24) is 9.97 Å². The number of hydrogen-bond donors (Lipinski definition) is 1. The van der Waals surface area contributed by atoms with E-state index in [0.29, 0.717) is 5.92 Å². The van der Waals surface area contributed by atoms with Crippen molar-refractivity contribution in [3.05, 3.63) is 16.3 Å². The summed E-state index contributed by atoms with van der Waals surface area (Å²) in [6.45, 7) is 1.67. The summed E-state index contributed by atoms with van der Waals surface area (Å²) in [5.74, 6) is 2.48. The number of aromatic nitrogens is 2. The standard InChI is InChI=1S/C15H19N3OS/c1-16-14-12-10-3-2-4-11(10)20-15(12)18-13(17-14)9-5-7-19-8-6-9/h9H,2-8H2,1H3,(H,16,17,18). The quantitative estimate of drug-likeness (QED) is 0.923. The molecule has 106 valence electrons. The summed E-state index contributed by atoms with van der Waals surface area (Å²) in [4.78, 5) is 12.4. The zero-order valence-electron chi connectivity index (χ0n) is 11.7. The lowest BCUT2D eigenvalue weighted by molar-refractivity contribution is 0.0837. The van der Waals surface area contributed by atoms with Crippen LogP contribution in [0.5, 0.6) is 0 Å². The van der Waals surface area contributed by atoms with E-state index in [1.165, 1.54) is 39.9 Å². The molecule has 1 fully saturated rings. The number of ether oxygens (including phenoxy) is 1. The maximum absolute atomic E-state index is 5.45. The average molecular weight is 289 g/mol. The van der Waals surface area contributed by atoms with Crippen LogP contribution in [-0.4, -0.2) is 30.2 Å². The Bertz CT molecular complexity index is 646. The summed E-state index contributed by atoms with van der Waals surface area (Å²) in [6.07, 6.45) is 5.76. The molecule has 2 aromatic heterocycles. The second kappa shape index (κ2) is 4.97. The summed E-state index contributed by atoms with van der Waals surface area (Å²) in [7, 11) is 1.97. The highest BCUT2D eigenvalue weighted by Gasteiger charge is 2.25. The van der Waals surface area contributed by atoms with Gasteiger partial charge < -0.3 is 10.1 Å². The fourth-order valence-corrected chi connectivity index (χ4v) is 4.60. The van der Waals surface area contributed by atoms with Gasteiger partial charge >= 0.3 is 0 Å². The molecule has 0 aromatic carbocycles. The molecular weight excluding hydrogens is 270 g/mol. The van der Waals surface area contributed by atoms with Gasteiger partial charge in [-0.3, -0.25) is 0 Å². The van der Waals surface area contributed by atoms with Gasteiger partial charge in [0.25, 0.3) is 0 Å². The van der Waals surface area contributed by atoms with Crippen LogP contribution in [0.3, 0.4) is 0 Å². The summed E-state index contributed by atoms with van der Waals surface area (Å²) >= 11 is 1.87. The van der Waals surface area contributed by atoms with Gasteiger partial charge in [0.05, 0.1) is 5.39 Å². The molecule has 1 saturated heterocycles. The van der Waals surface area contributed by atoms with Gasteiger partial charge in [0.2, 0.25) is 0 Å². The van der Waals surface area contributed by atoms with Crippen LogP contribution in [0.2, 0.25) is 0 Å². The summed E-state index contributed by atoms with van der Waals surface area (Å²) in [6, 6.07) is 0. The molecule has 2 aliphatic rings. The fraction of sp³-hybridized carbons (Fsp3) is 0.600. The van der Waals surface area contributed by atoms with Crippen LogP contribution in [0.15, 0.2) is 0 Å². The molecule has 1 aliphatic heterocycles. The molecular formula is C15H19N3OS. The molecule has 4 nitrogen and oxygen atoms in total. The average Bonchev–Trinajstić information content (AvgIpc) is 3.07. The first-order valence-electron chi connectivity index (χ1n) is 7.44. The van der Waals surface area contributed by atoms with Gasteiger partial charge in [-0.2, -0.15) is 0 Å². The van der Waals surface area contributed by atoms with Crippen molar-refractivity contribution in [2.75, 3.05) is 25.6 Å². The van der Waals surface area contributed by atoms with Crippen molar-refractivity contribution in [2.24, 2.45) is 0 Å². The number of fused-ring (bicyclic) bond motifs is 3. The molecule has 1 aliphatic carbocycles. The highest BCUT2D eigenvalue weighted by molar-refractivity contribution is 7.19. The number of aryl methyl sites for hydroxylation is 2. The van der Waals surface area contributed by atoms with Gasteiger partial charge in [-0.15, -0.1) is 11.3 Å². The van der Waals surface area contributed by atoms with Gasteiger partial charge in [-0.05, 0) is 37.7 Å². The minimum absolute atomic E-state index is 0.456. The molecule has 0 atom stereocenters. The molecule has 0 unspecified atom stereocenters. The Morgan fingerprint density at radius 1 is 1.20 bits per heavy atom. The van der Waals surface area contributed by atoms with Crippen LogP contribution >= 0.6 is 11.3 Å². The summed E-state index contributed by atoms with van der Waals surface area (Å²) in [5.41, 5.74) is 1.49. The van der Waals surface area contributed by atoms with E-state index in [9.17, 15) is 0 Å². The first-order chi connectivity index (χ1) is 9.86.